The first-order valence-electron chi connectivity index (χ1n) is 8.01. The van der Waals surface area contributed by atoms with Gasteiger partial charge in [0.15, 0.2) is 0 Å². The van der Waals surface area contributed by atoms with Crippen molar-refractivity contribution in [3.63, 3.8) is 0 Å². The van der Waals surface area contributed by atoms with E-state index in [2.05, 4.69) is 17.1 Å². The number of rotatable bonds is 9. The molecular weight excluding hydrogens is 310 g/mol. The number of aliphatic hydroxyl groups is 1. The molecule has 0 aliphatic carbocycles. The highest BCUT2D eigenvalue weighted by Gasteiger charge is 2.14. The summed E-state index contributed by atoms with van der Waals surface area (Å²) < 4.78 is 4.90. The van der Waals surface area contributed by atoms with Crippen molar-refractivity contribution in [2.24, 2.45) is 0 Å². The molecule has 23 heavy (non-hydrogen) atoms. The molecule has 0 aliphatic rings. The van der Waals surface area contributed by atoms with Crippen LogP contribution >= 0.6 is 11.3 Å². The van der Waals surface area contributed by atoms with Gasteiger partial charge in [-0.2, -0.15) is 0 Å². The Morgan fingerprint density at radius 2 is 2.09 bits per heavy atom. The lowest BCUT2D eigenvalue weighted by molar-refractivity contribution is -0.142. The van der Waals surface area contributed by atoms with E-state index in [9.17, 15) is 9.90 Å². The van der Waals surface area contributed by atoms with Crippen molar-refractivity contribution in [1.29, 1.82) is 0 Å². The number of ether oxygens (including phenoxy) is 1. The number of aliphatic hydroxyl groups excluding tert-OH is 1. The van der Waals surface area contributed by atoms with E-state index in [0.29, 0.717) is 23.7 Å². The number of hydrogen-bond acceptors (Lipinski definition) is 5. The van der Waals surface area contributed by atoms with Gasteiger partial charge in [-0.25, -0.2) is 4.98 Å². The van der Waals surface area contributed by atoms with Crippen LogP contribution in [0.3, 0.4) is 0 Å². The molecular formula is C18H23NO3S. The lowest BCUT2D eigenvalue weighted by Crippen LogP contribution is -2.08. The second-order valence-corrected chi connectivity index (χ2v) is 6.30. The Hall–Kier alpha value is -1.72. The second-order valence-electron chi connectivity index (χ2n) is 5.41. The number of carbonyl (C=O) groups excluding carboxylic acids is 1. The van der Waals surface area contributed by atoms with E-state index in [-0.39, 0.29) is 12.4 Å². The van der Waals surface area contributed by atoms with Crippen LogP contribution < -0.4 is 0 Å². The highest BCUT2D eigenvalue weighted by Crippen LogP contribution is 2.23. The Morgan fingerprint density at radius 1 is 1.30 bits per heavy atom. The number of thiazole rings is 1. The van der Waals surface area contributed by atoms with Gasteiger partial charge in [0.2, 0.25) is 0 Å². The van der Waals surface area contributed by atoms with Crippen LogP contribution in [0.4, 0.5) is 0 Å². The summed E-state index contributed by atoms with van der Waals surface area (Å²) in [7, 11) is 0. The minimum Gasteiger partial charge on any atom is -0.466 e. The third kappa shape index (κ3) is 6.12. The molecule has 1 N–H and O–H groups in total. The summed E-state index contributed by atoms with van der Waals surface area (Å²) in [5, 5.41) is 12.7. The maximum Gasteiger partial charge on any atom is 0.311 e. The fourth-order valence-electron chi connectivity index (χ4n) is 2.35. The van der Waals surface area contributed by atoms with Gasteiger partial charge in [-0.15, -0.1) is 11.3 Å². The predicted molar refractivity (Wildman–Crippen MR) is 91.4 cm³/mol. The van der Waals surface area contributed by atoms with Gasteiger partial charge in [-0.05, 0) is 31.7 Å². The predicted octanol–water partition coefficient (Wildman–Crippen LogP) is 3.70. The van der Waals surface area contributed by atoms with Gasteiger partial charge in [-0.1, -0.05) is 36.8 Å². The van der Waals surface area contributed by atoms with E-state index in [1.165, 1.54) is 16.9 Å². The lowest BCUT2D eigenvalue weighted by Gasteiger charge is -2.07. The smallest absolute Gasteiger partial charge is 0.311 e. The average Bonchev–Trinajstić information content (AvgIpc) is 3.01. The largest absolute Gasteiger partial charge is 0.466 e. The van der Waals surface area contributed by atoms with Crippen molar-refractivity contribution < 1.29 is 14.6 Å². The van der Waals surface area contributed by atoms with Crippen LogP contribution in [-0.2, 0) is 22.4 Å². The molecule has 0 aliphatic heterocycles. The van der Waals surface area contributed by atoms with Crippen molar-refractivity contribution >= 4 is 17.3 Å². The quantitative estimate of drug-likeness (QED) is 0.561. The SMILES string of the molecule is CCOC(=O)Cc1csc(C(O)CCCCc2ccccc2)n1. The van der Waals surface area contributed by atoms with Crippen LogP contribution in [0.1, 0.15) is 48.6 Å². The topological polar surface area (TPSA) is 59.4 Å². The molecule has 1 unspecified atom stereocenters. The molecule has 0 amide bonds. The summed E-state index contributed by atoms with van der Waals surface area (Å²) in [4.78, 5) is 15.8. The number of carbonyl (C=O) groups is 1. The van der Waals surface area contributed by atoms with Crippen LogP contribution in [0.5, 0.6) is 0 Å². The third-order valence-electron chi connectivity index (χ3n) is 3.52. The number of esters is 1. The van der Waals surface area contributed by atoms with Gasteiger partial charge < -0.3 is 9.84 Å². The first kappa shape index (κ1) is 17.6. The van der Waals surface area contributed by atoms with Crippen molar-refractivity contribution in [3.8, 4) is 0 Å². The van der Waals surface area contributed by atoms with Gasteiger partial charge in [0, 0.05) is 5.38 Å². The monoisotopic (exact) mass is 333 g/mol. The van der Waals surface area contributed by atoms with Crippen LogP contribution in [0.15, 0.2) is 35.7 Å². The fourth-order valence-corrected chi connectivity index (χ4v) is 3.19. The van der Waals surface area contributed by atoms with Crippen molar-refractivity contribution in [3.05, 3.63) is 52.0 Å². The molecule has 0 fully saturated rings. The molecule has 0 radical (unpaired) electrons. The third-order valence-corrected chi connectivity index (χ3v) is 4.52. The highest BCUT2D eigenvalue weighted by atomic mass is 32.1. The van der Waals surface area contributed by atoms with E-state index in [4.69, 9.17) is 4.74 Å². The van der Waals surface area contributed by atoms with E-state index in [1.807, 2.05) is 23.6 Å². The summed E-state index contributed by atoms with van der Waals surface area (Å²) in [6, 6.07) is 10.4. The fraction of sp³-hybridized carbons (Fsp3) is 0.444. The molecule has 2 aromatic rings. The molecule has 124 valence electrons. The Morgan fingerprint density at radius 3 is 2.83 bits per heavy atom. The number of aryl methyl sites for hydroxylation is 1. The zero-order valence-electron chi connectivity index (χ0n) is 13.4. The zero-order valence-corrected chi connectivity index (χ0v) is 14.2. The molecule has 0 bridgehead atoms. The zero-order chi connectivity index (χ0) is 16.5. The highest BCUT2D eigenvalue weighted by molar-refractivity contribution is 7.09. The molecule has 1 heterocycles. The maximum absolute atomic E-state index is 11.4. The summed E-state index contributed by atoms with van der Waals surface area (Å²) in [5.74, 6) is -0.276. The van der Waals surface area contributed by atoms with Gasteiger partial charge >= 0.3 is 5.97 Å². The number of aromatic nitrogens is 1. The molecule has 0 saturated heterocycles. The first-order valence-corrected chi connectivity index (χ1v) is 8.89. The van der Waals surface area contributed by atoms with Crippen LogP contribution in [0, 0.1) is 0 Å². The molecule has 0 spiro atoms. The van der Waals surface area contributed by atoms with Gasteiger partial charge in [0.05, 0.1) is 18.7 Å². The van der Waals surface area contributed by atoms with Crippen LogP contribution in [-0.4, -0.2) is 22.7 Å². The first-order chi connectivity index (χ1) is 11.2. The molecule has 1 atom stereocenters. The second kappa shape index (κ2) is 9.43. The number of hydrogen-bond donors (Lipinski definition) is 1. The van der Waals surface area contributed by atoms with E-state index in [0.717, 1.165) is 19.3 Å². The van der Waals surface area contributed by atoms with Crippen LogP contribution in [0.2, 0.25) is 0 Å². The lowest BCUT2D eigenvalue weighted by atomic mass is 10.1. The van der Waals surface area contributed by atoms with Crippen LogP contribution in [0.25, 0.3) is 0 Å². The Labute approximate surface area is 141 Å². The summed E-state index contributed by atoms with van der Waals surface area (Å²) in [5.41, 5.74) is 2.00. The van der Waals surface area contributed by atoms with Crippen molar-refractivity contribution in [2.45, 2.75) is 45.1 Å². The summed E-state index contributed by atoms with van der Waals surface area (Å²) in [6.45, 7) is 2.16. The van der Waals surface area contributed by atoms with Gasteiger partial charge in [0.25, 0.3) is 0 Å². The van der Waals surface area contributed by atoms with E-state index in [1.54, 1.807) is 6.92 Å². The maximum atomic E-state index is 11.4. The standard InChI is InChI=1S/C18H23NO3S/c1-2-22-17(21)12-15-13-23-18(19-15)16(20)11-7-6-10-14-8-4-3-5-9-14/h3-5,8-9,13,16,20H,2,6-7,10-12H2,1H3. The Kier molecular flexibility index (Phi) is 7.23. The van der Waals surface area contributed by atoms with E-state index < -0.39 is 6.10 Å². The van der Waals surface area contributed by atoms with Gasteiger partial charge in [-0.3, -0.25) is 4.79 Å². The molecule has 1 aromatic carbocycles. The molecule has 5 heteroatoms. The number of nitrogens with zero attached hydrogens (tertiary/aromatic N) is 1. The Bertz CT molecular complexity index is 597. The van der Waals surface area contributed by atoms with Crippen molar-refractivity contribution in [1.82, 2.24) is 4.98 Å². The number of unbranched alkanes of at least 4 members (excludes halogenated alkanes) is 1. The minimum absolute atomic E-state index is 0.172. The van der Waals surface area contributed by atoms with Crippen molar-refractivity contribution in [2.75, 3.05) is 6.61 Å². The summed E-state index contributed by atoms with van der Waals surface area (Å²) in [6.07, 6.45) is 3.33. The molecule has 4 nitrogen and oxygen atoms in total. The summed E-state index contributed by atoms with van der Waals surface area (Å²) >= 11 is 1.40. The normalized spacial score (nSPS) is 12.1. The average molecular weight is 333 g/mol. The van der Waals surface area contributed by atoms with E-state index >= 15 is 0 Å². The molecule has 2 rings (SSSR count). The van der Waals surface area contributed by atoms with Gasteiger partial charge in [0.1, 0.15) is 11.1 Å². The molecule has 0 saturated carbocycles. The molecule has 1 aromatic heterocycles. The Balaban J connectivity index is 1.72. The minimum atomic E-state index is -0.549. The number of benzene rings is 1.